The lowest BCUT2D eigenvalue weighted by atomic mass is 10.0. The summed E-state index contributed by atoms with van der Waals surface area (Å²) < 4.78 is 21.8. The van der Waals surface area contributed by atoms with Crippen molar-refractivity contribution >= 4 is 11.9 Å². The largest absolute Gasteiger partial charge is 0.493 e. The van der Waals surface area contributed by atoms with E-state index >= 15 is 0 Å². The second-order valence-electron chi connectivity index (χ2n) is 7.01. The minimum Gasteiger partial charge on any atom is -0.493 e. The average Bonchev–Trinajstić information content (AvgIpc) is 2.78. The van der Waals surface area contributed by atoms with Crippen LogP contribution in [0.3, 0.4) is 0 Å². The number of carbonyl (C=O) groups is 2. The Morgan fingerprint density at radius 2 is 1.87 bits per heavy atom. The lowest BCUT2D eigenvalue weighted by Crippen LogP contribution is -2.38. The third-order valence-corrected chi connectivity index (χ3v) is 4.81. The first-order valence-corrected chi connectivity index (χ1v) is 10.1. The summed E-state index contributed by atoms with van der Waals surface area (Å²) in [4.78, 5) is 25.3. The van der Waals surface area contributed by atoms with Crippen LogP contribution in [-0.2, 0) is 9.53 Å². The van der Waals surface area contributed by atoms with Crippen LogP contribution in [0.5, 0.6) is 17.2 Å². The minimum absolute atomic E-state index is 0.140. The molecule has 2 aromatic rings. The highest BCUT2D eigenvalue weighted by Crippen LogP contribution is 2.40. The summed E-state index contributed by atoms with van der Waals surface area (Å²) in [6, 6.07) is 12.7. The number of benzene rings is 2. The number of hydrogen-bond donors (Lipinski definition) is 1. The molecule has 0 aliphatic carbocycles. The highest BCUT2D eigenvalue weighted by molar-refractivity contribution is 5.93. The van der Waals surface area contributed by atoms with Crippen molar-refractivity contribution in [2.75, 3.05) is 20.3 Å². The molecule has 0 saturated heterocycles. The number of carbonyl (C=O) groups excluding carboxylic acids is 2. The summed E-state index contributed by atoms with van der Waals surface area (Å²) in [5, 5.41) is 2.98. The first kappa shape index (κ1) is 21.5. The van der Waals surface area contributed by atoms with E-state index in [1.54, 1.807) is 6.92 Å². The van der Waals surface area contributed by atoms with Gasteiger partial charge in [0.1, 0.15) is 13.2 Å². The van der Waals surface area contributed by atoms with Crippen molar-refractivity contribution in [2.45, 2.75) is 38.8 Å². The Morgan fingerprint density at radius 1 is 1.13 bits per heavy atom. The van der Waals surface area contributed by atoms with Crippen LogP contribution in [0.25, 0.3) is 0 Å². The van der Waals surface area contributed by atoms with Crippen LogP contribution in [0.2, 0.25) is 0 Å². The third kappa shape index (κ3) is 5.03. The Bertz CT molecular complexity index is 866. The summed E-state index contributed by atoms with van der Waals surface area (Å²) >= 11 is 0. The van der Waals surface area contributed by atoms with Gasteiger partial charge in [-0.25, -0.2) is 4.79 Å². The second kappa shape index (κ2) is 10.0. The molecule has 7 nitrogen and oxygen atoms in total. The molecule has 1 aliphatic rings. The number of rotatable bonds is 8. The van der Waals surface area contributed by atoms with E-state index in [0.29, 0.717) is 30.5 Å². The molecule has 3 rings (SSSR count). The van der Waals surface area contributed by atoms with E-state index in [0.717, 1.165) is 18.4 Å². The summed E-state index contributed by atoms with van der Waals surface area (Å²) in [6.07, 6.45) is 0.737. The molecule has 1 heterocycles. The van der Waals surface area contributed by atoms with Crippen LogP contribution >= 0.6 is 0 Å². The van der Waals surface area contributed by atoms with E-state index in [1.807, 2.05) is 30.3 Å². The topological polar surface area (TPSA) is 83.1 Å². The fourth-order valence-electron chi connectivity index (χ4n) is 3.26. The van der Waals surface area contributed by atoms with Gasteiger partial charge in [-0.05, 0) is 31.0 Å². The molecule has 7 heteroatoms. The van der Waals surface area contributed by atoms with Crippen molar-refractivity contribution in [3.05, 3.63) is 53.6 Å². The SMILES string of the molecule is CCC[C@H](NC(=O)[C@@H](C)OC(=O)c1cc(OC)c2c(c1)OCCO2)c1ccccc1. The van der Waals surface area contributed by atoms with Crippen molar-refractivity contribution in [3.63, 3.8) is 0 Å². The average molecular weight is 413 g/mol. The Balaban J connectivity index is 1.68. The molecule has 1 aliphatic heterocycles. The molecule has 0 aromatic heterocycles. The molecule has 0 spiro atoms. The van der Waals surface area contributed by atoms with E-state index in [4.69, 9.17) is 18.9 Å². The van der Waals surface area contributed by atoms with Crippen LogP contribution in [0.4, 0.5) is 0 Å². The number of esters is 1. The summed E-state index contributed by atoms with van der Waals surface area (Å²) in [5.74, 6) is 0.256. The van der Waals surface area contributed by atoms with Gasteiger partial charge in [0.15, 0.2) is 17.6 Å². The number of hydrogen-bond acceptors (Lipinski definition) is 6. The Morgan fingerprint density at radius 3 is 2.57 bits per heavy atom. The number of amides is 1. The Kier molecular flexibility index (Phi) is 7.17. The smallest absolute Gasteiger partial charge is 0.339 e. The zero-order valence-electron chi connectivity index (χ0n) is 17.5. The first-order chi connectivity index (χ1) is 14.5. The Labute approximate surface area is 176 Å². The van der Waals surface area contributed by atoms with Crippen LogP contribution in [0, 0.1) is 0 Å². The maximum absolute atomic E-state index is 12.7. The fraction of sp³-hybridized carbons (Fsp3) is 0.391. The van der Waals surface area contributed by atoms with Gasteiger partial charge in [-0.15, -0.1) is 0 Å². The summed E-state index contributed by atoms with van der Waals surface area (Å²) in [7, 11) is 1.48. The molecular formula is C23H27NO6. The number of fused-ring (bicyclic) bond motifs is 1. The van der Waals surface area contributed by atoms with Gasteiger partial charge in [0.25, 0.3) is 5.91 Å². The molecule has 30 heavy (non-hydrogen) atoms. The lowest BCUT2D eigenvalue weighted by molar-refractivity contribution is -0.129. The van der Waals surface area contributed by atoms with Gasteiger partial charge in [-0.1, -0.05) is 43.7 Å². The van der Waals surface area contributed by atoms with Gasteiger partial charge in [0.2, 0.25) is 5.75 Å². The van der Waals surface area contributed by atoms with Gasteiger partial charge in [0, 0.05) is 0 Å². The van der Waals surface area contributed by atoms with E-state index in [9.17, 15) is 9.59 Å². The number of nitrogens with one attached hydrogen (secondary N) is 1. The predicted octanol–water partition coefficient (Wildman–Crippen LogP) is 3.67. The summed E-state index contributed by atoms with van der Waals surface area (Å²) in [6.45, 7) is 4.40. The summed E-state index contributed by atoms with van der Waals surface area (Å²) in [5.41, 5.74) is 1.24. The molecule has 0 fully saturated rings. The normalized spacial score (nSPS) is 14.4. The second-order valence-corrected chi connectivity index (χ2v) is 7.01. The molecule has 1 amide bonds. The van der Waals surface area contributed by atoms with Crippen molar-refractivity contribution in [1.82, 2.24) is 5.32 Å². The first-order valence-electron chi connectivity index (χ1n) is 10.1. The molecule has 0 unspecified atom stereocenters. The van der Waals surface area contributed by atoms with Gasteiger partial charge < -0.3 is 24.3 Å². The fourth-order valence-corrected chi connectivity index (χ4v) is 3.26. The maximum Gasteiger partial charge on any atom is 0.339 e. The molecule has 2 aromatic carbocycles. The zero-order valence-corrected chi connectivity index (χ0v) is 17.5. The number of methoxy groups -OCH3 is 1. The van der Waals surface area contributed by atoms with Crippen LogP contribution in [0.15, 0.2) is 42.5 Å². The highest BCUT2D eigenvalue weighted by atomic mass is 16.6. The van der Waals surface area contributed by atoms with E-state index in [2.05, 4.69) is 12.2 Å². The molecule has 2 atom stereocenters. The van der Waals surface area contributed by atoms with Crippen LogP contribution in [0.1, 0.15) is 48.7 Å². The maximum atomic E-state index is 12.7. The van der Waals surface area contributed by atoms with Crippen LogP contribution in [-0.4, -0.2) is 38.3 Å². The van der Waals surface area contributed by atoms with Crippen molar-refractivity contribution in [3.8, 4) is 17.2 Å². The minimum atomic E-state index is -0.959. The van der Waals surface area contributed by atoms with Gasteiger partial charge in [-0.3, -0.25) is 4.79 Å². The van der Waals surface area contributed by atoms with E-state index in [1.165, 1.54) is 19.2 Å². The predicted molar refractivity (Wildman–Crippen MR) is 111 cm³/mol. The number of ether oxygens (including phenoxy) is 4. The van der Waals surface area contributed by atoms with Crippen molar-refractivity contribution < 1.29 is 28.5 Å². The molecule has 0 bridgehead atoms. The highest BCUT2D eigenvalue weighted by Gasteiger charge is 2.25. The molecular weight excluding hydrogens is 386 g/mol. The third-order valence-electron chi connectivity index (χ3n) is 4.81. The lowest BCUT2D eigenvalue weighted by Gasteiger charge is -2.22. The van der Waals surface area contributed by atoms with Gasteiger partial charge in [-0.2, -0.15) is 0 Å². The van der Waals surface area contributed by atoms with Crippen LogP contribution < -0.4 is 19.5 Å². The van der Waals surface area contributed by atoms with Gasteiger partial charge >= 0.3 is 5.97 Å². The van der Waals surface area contributed by atoms with E-state index < -0.39 is 12.1 Å². The molecule has 0 radical (unpaired) electrons. The molecule has 0 saturated carbocycles. The molecule has 1 N–H and O–H groups in total. The van der Waals surface area contributed by atoms with Gasteiger partial charge in [0.05, 0.1) is 18.7 Å². The van der Waals surface area contributed by atoms with Crippen molar-refractivity contribution in [2.24, 2.45) is 0 Å². The monoisotopic (exact) mass is 413 g/mol. The quantitative estimate of drug-likeness (QED) is 0.665. The Hall–Kier alpha value is -3.22. The zero-order chi connectivity index (χ0) is 21.5. The van der Waals surface area contributed by atoms with Crippen molar-refractivity contribution in [1.29, 1.82) is 0 Å². The molecule has 160 valence electrons. The standard InChI is InChI=1S/C23H27NO6/c1-4-8-18(16-9-6-5-7-10-16)24-22(25)15(2)30-23(26)17-13-19(27-3)21-20(14-17)28-11-12-29-21/h5-7,9-10,13-15,18H,4,8,11-12H2,1-3H3,(H,24,25)/t15-,18+/m1/s1. The van der Waals surface area contributed by atoms with E-state index in [-0.39, 0.29) is 17.5 Å².